The lowest BCUT2D eigenvalue weighted by molar-refractivity contribution is -0.137. The van der Waals surface area contributed by atoms with Crippen molar-refractivity contribution < 1.29 is 14.7 Å². The Bertz CT molecular complexity index is 477. The standard InChI is InChI=1S/C13H17N3O3/c1-9(7-12(17)18)16-8-11(15(2)13(16)19)10-5-3-4-6-14-10/h3-6,9,11H,7-8H2,1-2H3,(H,17,18). The molecule has 0 spiro atoms. The minimum atomic E-state index is -0.899. The predicted octanol–water partition coefficient (Wildman–Crippen LogP) is 1.35. The van der Waals surface area contributed by atoms with Crippen LogP contribution in [0.1, 0.15) is 25.1 Å². The number of urea groups is 1. The number of carbonyl (C=O) groups is 2. The quantitative estimate of drug-likeness (QED) is 0.890. The van der Waals surface area contributed by atoms with E-state index in [1.807, 2.05) is 18.2 Å². The van der Waals surface area contributed by atoms with Gasteiger partial charge in [0.25, 0.3) is 0 Å². The molecule has 1 fully saturated rings. The summed E-state index contributed by atoms with van der Waals surface area (Å²) in [6.07, 6.45) is 1.64. The molecule has 19 heavy (non-hydrogen) atoms. The van der Waals surface area contributed by atoms with Crippen molar-refractivity contribution in [3.8, 4) is 0 Å². The Kier molecular flexibility index (Phi) is 3.69. The van der Waals surface area contributed by atoms with Gasteiger partial charge in [0.05, 0.1) is 18.2 Å². The van der Waals surface area contributed by atoms with Crippen LogP contribution in [0.3, 0.4) is 0 Å². The van der Waals surface area contributed by atoms with Crippen molar-refractivity contribution in [3.63, 3.8) is 0 Å². The number of aromatic nitrogens is 1. The second-order valence-electron chi connectivity index (χ2n) is 4.76. The Hall–Kier alpha value is -2.11. The summed E-state index contributed by atoms with van der Waals surface area (Å²) in [4.78, 5) is 30.4. The molecule has 1 aromatic heterocycles. The lowest BCUT2D eigenvalue weighted by Crippen LogP contribution is -2.37. The molecule has 0 aromatic carbocycles. The Labute approximate surface area is 111 Å². The van der Waals surface area contributed by atoms with Crippen molar-refractivity contribution in [2.24, 2.45) is 0 Å². The van der Waals surface area contributed by atoms with Crippen LogP contribution in [-0.4, -0.2) is 51.5 Å². The Morgan fingerprint density at radius 3 is 2.89 bits per heavy atom. The zero-order chi connectivity index (χ0) is 14.0. The van der Waals surface area contributed by atoms with Gasteiger partial charge in [-0.05, 0) is 19.1 Å². The second kappa shape index (κ2) is 5.26. The van der Waals surface area contributed by atoms with E-state index in [0.717, 1.165) is 5.69 Å². The third kappa shape index (κ3) is 2.67. The van der Waals surface area contributed by atoms with Gasteiger partial charge in [-0.25, -0.2) is 4.79 Å². The summed E-state index contributed by atoms with van der Waals surface area (Å²) in [5.41, 5.74) is 0.823. The maximum absolute atomic E-state index is 12.1. The topological polar surface area (TPSA) is 73.7 Å². The van der Waals surface area contributed by atoms with Gasteiger partial charge in [0.15, 0.2) is 0 Å². The first-order valence-corrected chi connectivity index (χ1v) is 6.17. The first-order chi connectivity index (χ1) is 9.00. The summed E-state index contributed by atoms with van der Waals surface area (Å²) in [6, 6.07) is 4.99. The molecule has 6 nitrogen and oxygen atoms in total. The number of carboxylic acids is 1. The van der Waals surface area contributed by atoms with Crippen LogP contribution in [0.5, 0.6) is 0 Å². The molecule has 0 radical (unpaired) electrons. The first kappa shape index (κ1) is 13.3. The number of nitrogens with zero attached hydrogens (tertiary/aromatic N) is 3. The molecule has 0 saturated carbocycles. The number of rotatable bonds is 4. The number of hydrogen-bond acceptors (Lipinski definition) is 3. The largest absolute Gasteiger partial charge is 0.481 e. The fourth-order valence-corrected chi connectivity index (χ4v) is 2.32. The van der Waals surface area contributed by atoms with Crippen LogP contribution in [0.15, 0.2) is 24.4 Å². The second-order valence-corrected chi connectivity index (χ2v) is 4.76. The number of likely N-dealkylation sites (N-methyl/N-ethyl adjacent to an activating group) is 1. The molecular formula is C13H17N3O3. The average Bonchev–Trinajstić information content (AvgIpc) is 2.67. The van der Waals surface area contributed by atoms with E-state index in [9.17, 15) is 9.59 Å². The van der Waals surface area contributed by atoms with Gasteiger partial charge in [0, 0.05) is 25.8 Å². The highest BCUT2D eigenvalue weighted by Crippen LogP contribution is 2.28. The highest BCUT2D eigenvalue weighted by molar-refractivity contribution is 5.78. The van der Waals surface area contributed by atoms with Gasteiger partial charge in [-0.3, -0.25) is 9.78 Å². The molecule has 1 aliphatic heterocycles. The van der Waals surface area contributed by atoms with E-state index in [4.69, 9.17) is 5.11 Å². The average molecular weight is 263 g/mol. The highest BCUT2D eigenvalue weighted by Gasteiger charge is 2.38. The summed E-state index contributed by atoms with van der Waals surface area (Å²) in [5.74, 6) is -0.899. The predicted molar refractivity (Wildman–Crippen MR) is 68.6 cm³/mol. The van der Waals surface area contributed by atoms with Crippen molar-refractivity contribution in [2.45, 2.75) is 25.4 Å². The molecule has 2 unspecified atom stereocenters. The van der Waals surface area contributed by atoms with E-state index >= 15 is 0 Å². The molecule has 2 atom stereocenters. The summed E-state index contributed by atoms with van der Waals surface area (Å²) >= 11 is 0. The van der Waals surface area contributed by atoms with Crippen molar-refractivity contribution in [2.75, 3.05) is 13.6 Å². The van der Waals surface area contributed by atoms with Gasteiger partial charge in [0.2, 0.25) is 0 Å². The van der Waals surface area contributed by atoms with Crippen molar-refractivity contribution in [1.82, 2.24) is 14.8 Å². The van der Waals surface area contributed by atoms with E-state index < -0.39 is 5.97 Å². The van der Waals surface area contributed by atoms with Gasteiger partial charge >= 0.3 is 12.0 Å². The van der Waals surface area contributed by atoms with E-state index in [0.29, 0.717) is 6.54 Å². The van der Waals surface area contributed by atoms with Gasteiger partial charge in [0.1, 0.15) is 0 Å². The molecular weight excluding hydrogens is 246 g/mol. The van der Waals surface area contributed by atoms with Crippen molar-refractivity contribution in [1.29, 1.82) is 0 Å². The maximum atomic E-state index is 12.1. The normalized spacial score (nSPS) is 20.7. The van der Waals surface area contributed by atoms with Gasteiger partial charge in [-0.1, -0.05) is 6.07 Å². The Morgan fingerprint density at radius 1 is 1.58 bits per heavy atom. The van der Waals surface area contributed by atoms with Crippen LogP contribution in [0.4, 0.5) is 4.79 Å². The smallest absolute Gasteiger partial charge is 0.320 e. The number of amides is 2. The first-order valence-electron chi connectivity index (χ1n) is 6.17. The van der Waals surface area contributed by atoms with Crippen molar-refractivity contribution >= 4 is 12.0 Å². The van der Waals surface area contributed by atoms with Crippen LogP contribution < -0.4 is 0 Å². The fraction of sp³-hybridized carbons (Fsp3) is 0.462. The Balaban J connectivity index is 2.15. The minimum absolute atomic E-state index is 0.0471. The number of pyridine rings is 1. The molecule has 0 bridgehead atoms. The molecule has 2 rings (SSSR count). The van der Waals surface area contributed by atoms with Crippen LogP contribution in [0, 0.1) is 0 Å². The van der Waals surface area contributed by atoms with Crippen LogP contribution >= 0.6 is 0 Å². The zero-order valence-electron chi connectivity index (χ0n) is 11.0. The van der Waals surface area contributed by atoms with Crippen molar-refractivity contribution in [3.05, 3.63) is 30.1 Å². The molecule has 0 aliphatic carbocycles. The fourth-order valence-electron chi connectivity index (χ4n) is 2.32. The monoisotopic (exact) mass is 263 g/mol. The number of hydrogen-bond donors (Lipinski definition) is 1. The molecule has 102 valence electrons. The SMILES string of the molecule is CC(CC(=O)O)N1CC(c2ccccn2)N(C)C1=O. The number of carboxylic acid groups (broad SMARTS) is 1. The Morgan fingerprint density at radius 2 is 2.32 bits per heavy atom. The molecule has 1 aromatic rings. The molecule has 2 amide bonds. The van der Waals surface area contributed by atoms with E-state index in [1.54, 1.807) is 30.0 Å². The van der Waals surface area contributed by atoms with E-state index in [2.05, 4.69) is 4.98 Å². The molecule has 2 heterocycles. The molecule has 1 aliphatic rings. The number of aliphatic carboxylic acids is 1. The molecule has 6 heteroatoms. The third-order valence-electron chi connectivity index (χ3n) is 3.42. The van der Waals surface area contributed by atoms with Gasteiger partial charge < -0.3 is 14.9 Å². The van der Waals surface area contributed by atoms with Crippen LogP contribution in [-0.2, 0) is 4.79 Å². The maximum Gasteiger partial charge on any atom is 0.320 e. The zero-order valence-corrected chi connectivity index (χ0v) is 11.0. The molecule has 1 N–H and O–H groups in total. The van der Waals surface area contributed by atoms with E-state index in [-0.39, 0.29) is 24.5 Å². The minimum Gasteiger partial charge on any atom is -0.481 e. The van der Waals surface area contributed by atoms with Gasteiger partial charge in [-0.15, -0.1) is 0 Å². The summed E-state index contributed by atoms with van der Waals surface area (Å²) < 4.78 is 0. The van der Waals surface area contributed by atoms with Crippen LogP contribution in [0.25, 0.3) is 0 Å². The van der Waals surface area contributed by atoms with Gasteiger partial charge in [-0.2, -0.15) is 0 Å². The third-order valence-corrected chi connectivity index (χ3v) is 3.42. The highest BCUT2D eigenvalue weighted by atomic mass is 16.4. The summed E-state index contributed by atoms with van der Waals surface area (Å²) in [6.45, 7) is 2.22. The lowest BCUT2D eigenvalue weighted by Gasteiger charge is -2.22. The number of carbonyl (C=O) groups excluding carboxylic acids is 1. The molecule has 1 saturated heterocycles. The summed E-state index contributed by atoms with van der Waals surface area (Å²) in [5, 5.41) is 8.82. The van der Waals surface area contributed by atoms with Crippen LogP contribution in [0.2, 0.25) is 0 Å². The summed E-state index contributed by atoms with van der Waals surface area (Å²) in [7, 11) is 1.72. The van der Waals surface area contributed by atoms with E-state index in [1.165, 1.54) is 0 Å². The lowest BCUT2D eigenvalue weighted by atomic mass is 10.1.